The maximum absolute atomic E-state index is 12.6. The molecule has 0 aliphatic rings. The molecule has 1 heterocycles. The summed E-state index contributed by atoms with van der Waals surface area (Å²) in [6.45, 7) is 4.76. The number of methoxy groups -OCH3 is 1. The Labute approximate surface area is 165 Å². The number of anilines is 1. The first-order chi connectivity index (χ1) is 13.5. The van der Waals surface area contributed by atoms with Crippen LogP contribution in [0.2, 0.25) is 0 Å². The average Bonchev–Trinajstić information content (AvgIpc) is 2.97. The minimum absolute atomic E-state index is 0.0730. The number of aryl methyl sites for hydroxylation is 1. The van der Waals surface area contributed by atoms with Gasteiger partial charge in [0.25, 0.3) is 0 Å². The Balaban J connectivity index is 1.67. The van der Waals surface area contributed by atoms with E-state index in [0.29, 0.717) is 6.54 Å². The Morgan fingerprint density at radius 2 is 1.79 bits per heavy atom. The highest BCUT2D eigenvalue weighted by Crippen LogP contribution is 2.23. The van der Waals surface area contributed by atoms with Crippen LogP contribution in [0.5, 0.6) is 5.75 Å². The number of carbonyl (C=O) groups is 1. The molecule has 0 atom stereocenters. The molecule has 0 aliphatic heterocycles. The number of rotatable bonds is 7. The highest BCUT2D eigenvalue weighted by atomic mass is 16.5. The molecule has 0 fully saturated rings. The molecule has 3 rings (SSSR count). The lowest BCUT2D eigenvalue weighted by Crippen LogP contribution is -2.30. The number of hydrogen-bond acceptors (Lipinski definition) is 4. The van der Waals surface area contributed by atoms with Gasteiger partial charge in [0.1, 0.15) is 5.75 Å². The second kappa shape index (κ2) is 8.71. The summed E-state index contributed by atoms with van der Waals surface area (Å²) in [5.41, 5.74) is 4.48. The normalized spacial score (nSPS) is 10.9. The largest absolute Gasteiger partial charge is 0.496 e. The summed E-state index contributed by atoms with van der Waals surface area (Å²) in [5.74, 6) is 0.752. The lowest BCUT2D eigenvalue weighted by Gasteiger charge is -2.18. The van der Waals surface area contributed by atoms with Crippen molar-refractivity contribution in [2.24, 2.45) is 0 Å². The maximum Gasteiger partial charge on any atom is 0.238 e. The van der Waals surface area contributed by atoms with E-state index in [2.05, 4.69) is 10.4 Å². The van der Waals surface area contributed by atoms with Crippen molar-refractivity contribution in [3.05, 3.63) is 71.5 Å². The smallest absolute Gasteiger partial charge is 0.238 e. The Kier molecular flexibility index (Phi) is 6.11. The summed E-state index contributed by atoms with van der Waals surface area (Å²) in [4.78, 5) is 14.6. The van der Waals surface area contributed by atoms with E-state index >= 15 is 0 Å². The van der Waals surface area contributed by atoms with Crippen LogP contribution in [-0.4, -0.2) is 41.3 Å². The van der Waals surface area contributed by atoms with Gasteiger partial charge in [-0.2, -0.15) is 5.10 Å². The Hall–Kier alpha value is -3.12. The van der Waals surface area contributed by atoms with E-state index in [9.17, 15) is 4.79 Å². The van der Waals surface area contributed by atoms with Gasteiger partial charge in [-0.15, -0.1) is 0 Å². The van der Waals surface area contributed by atoms with Crippen LogP contribution in [0.15, 0.2) is 54.6 Å². The third-order valence-electron chi connectivity index (χ3n) is 4.60. The number of benzene rings is 2. The topological polar surface area (TPSA) is 59.4 Å². The summed E-state index contributed by atoms with van der Waals surface area (Å²) in [6.07, 6.45) is 0. The van der Waals surface area contributed by atoms with Crippen molar-refractivity contribution < 1.29 is 9.53 Å². The average molecular weight is 378 g/mol. The highest BCUT2D eigenvalue weighted by Gasteiger charge is 2.16. The van der Waals surface area contributed by atoms with Crippen LogP contribution >= 0.6 is 0 Å². The van der Waals surface area contributed by atoms with Gasteiger partial charge in [0, 0.05) is 12.1 Å². The maximum atomic E-state index is 12.6. The number of amides is 1. The lowest BCUT2D eigenvalue weighted by molar-refractivity contribution is -0.117. The number of likely N-dealkylation sites (N-methyl/N-ethyl adjacent to an activating group) is 1. The van der Waals surface area contributed by atoms with Crippen LogP contribution < -0.4 is 10.1 Å². The van der Waals surface area contributed by atoms with Crippen molar-refractivity contribution in [3.8, 4) is 11.4 Å². The van der Waals surface area contributed by atoms with E-state index < -0.39 is 0 Å². The van der Waals surface area contributed by atoms with Gasteiger partial charge in [0.2, 0.25) is 5.91 Å². The van der Waals surface area contributed by atoms with Crippen LogP contribution in [0.3, 0.4) is 0 Å². The summed E-state index contributed by atoms with van der Waals surface area (Å²) in [5, 5.41) is 7.59. The van der Waals surface area contributed by atoms with Crippen molar-refractivity contribution >= 4 is 11.6 Å². The number of carbonyl (C=O) groups excluding carboxylic acids is 1. The first-order valence-electron chi connectivity index (χ1n) is 9.21. The van der Waals surface area contributed by atoms with Gasteiger partial charge in [-0.25, -0.2) is 4.68 Å². The summed E-state index contributed by atoms with van der Waals surface area (Å²) >= 11 is 0. The number of hydrogen-bond donors (Lipinski definition) is 1. The molecule has 2 aromatic carbocycles. The molecule has 0 saturated heterocycles. The molecule has 0 saturated carbocycles. The molecule has 0 radical (unpaired) electrons. The third kappa shape index (κ3) is 4.40. The fourth-order valence-electron chi connectivity index (χ4n) is 3.25. The number of ether oxygens (including phenoxy) is 1. The van der Waals surface area contributed by atoms with Crippen molar-refractivity contribution in [1.82, 2.24) is 14.7 Å². The SMILES string of the molecule is COc1ccccc1CN(C)CC(=O)Nc1c(C)nn(-c2ccccc2)c1C. The minimum atomic E-state index is -0.0730. The van der Waals surface area contributed by atoms with Crippen LogP contribution in [0, 0.1) is 13.8 Å². The third-order valence-corrected chi connectivity index (χ3v) is 4.60. The van der Waals surface area contributed by atoms with E-state index in [1.165, 1.54) is 0 Å². The minimum Gasteiger partial charge on any atom is -0.496 e. The van der Waals surface area contributed by atoms with Crippen LogP contribution in [0.4, 0.5) is 5.69 Å². The molecule has 1 aromatic heterocycles. The van der Waals surface area contributed by atoms with Gasteiger partial charge in [0.05, 0.1) is 36.4 Å². The first kappa shape index (κ1) is 19.6. The van der Waals surface area contributed by atoms with E-state index in [1.54, 1.807) is 7.11 Å². The first-order valence-corrected chi connectivity index (χ1v) is 9.21. The quantitative estimate of drug-likeness (QED) is 0.683. The van der Waals surface area contributed by atoms with E-state index in [0.717, 1.165) is 34.1 Å². The molecule has 0 aliphatic carbocycles. The number of aromatic nitrogens is 2. The van der Waals surface area contributed by atoms with E-state index in [-0.39, 0.29) is 12.5 Å². The zero-order valence-electron chi connectivity index (χ0n) is 16.8. The number of para-hydroxylation sites is 2. The van der Waals surface area contributed by atoms with Gasteiger partial charge < -0.3 is 10.1 Å². The van der Waals surface area contributed by atoms with E-state index in [1.807, 2.05) is 85.1 Å². The second-order valence-electron chi connectivity index (χ2n) is 6.83. The van der Waals surface area contributed by atoms with Gasteiger partial charge in [0.15, 0.2) is 0 Å². The van der Waals surface area contributed by atoms with Crippen LogP contribution in [0.25, 0.3) is 5.69 Å². The Morgan fingerprint density at radius 1 is 1.11 bits per heavy atom. The zero-order chi connectivity index (χ0) is 20.1. The molecule has 0 unspecified atom stereocenters. The van der Waals surface area contributed by atoms with Crippen LogP contribution in [-0.2, 0) is 11.3 Å². The molecule has 3 aromatic rings. The molecule has 0 bridgehead atoms. The molecule has 146 valence electrons. The number of nitrogens with zero attached hydrogens (tertiary/aromatic N) is 3. The Morgan fingerprint density at radius 3 is 2.50 bits per heavy atom. The van der Waals surface area contributed by atoms with E-state index in [4.69, 9.17) is 4.74 Å². The summed E-state index contributed by atoms with van der Waals surface area (Å²) in [7, 11) is 3.57. The predicted molar refractivity (Wildman–Crippen MR) is 111 cm³/mol. The molecule has 1 N–H and O–H groups in total. The van der Waals surface area contributed by atoms with Gasteiger partial charge in [-0.1, -0.05) is 36.4 Å². The van der Waals surface area contributed by atoms with Crippen molar-refractivity contribution in [3.63, 3.8) is 0 Å². The van der Waals surface area contributed by atoms with Crippen molar-refractivity contribution in [2.45, 2.75) is 20.4 Å². The molecular weight excluding hydrogens is 352 g/mol. The second-order valence-corrected chi connectivity index (χ2v) is 6.83. The molecule has 0 spiro atoms. The van der Waals surface area contributed by atoms with Crippen LogP contribution in [0.1, 0.15) is 17.0 Å². The van der Waals surface area contributed by atoms with Crippen molar-refractivity contribution in [2.75, 3.05) is 26.0 Å². The fourth-order valence-corrected chi connectivity index (χ4v) is 3.25. The highest BCUT2D eigenvalue weighted by molar-refractivity contribution is 5.93. The molecule has 6 heteroatoms. The number of nitrogens with one attached hydrogen (secondary N) is 1. The fraction of sp³-hybridized carbons (Fsp3) is 0.273. The van der Waals surface area contributed by atoms with Gasteiger partial charge in [-0.3, -0.25) is 9.69 Å². The van der Waals surface area contributed by atoms with Crippen molar-refractivity contribution in [1.29, 1.82) is 0 Å². The monoisotopic (exact) mass is 378 g/mol. The van der Waals surface area contributed by atoms with Gasteiger partial charge >= 0.3 is 0 Å². The standard InChI is InChI=1S/C22H26N4O2/c1-16-22(17(2)26(24-16)19-11-6-5-7-12-19)23-21(27)15-25(3)14-18-10-8-9-13-20(18)28-4/h5-13H,14-15H2,1-4H3,(H,23,27). The lowest BCUT2D eigenvalue weighted by atomic mass is 10.2. The Bertz CT molecular complexity index is 950. The molecule has 1 amide bonds. The molecule has 28 heavy (non-hydrogen) atoms. The molecular formula is C22H26N4O2. The van der Waals surface area contributed by atoms with Gasteiger partial charge in [-0.05, 0) is 39.1 Å². The summed E-state index contributed by atoms with van der Waals surface area (Å²) in [6, 6.07) is 17.7. The zero-order valence-corrected chi connectivity index (χ0v) is 16.8. The molecule has 6 nitrogen and oxygen atoms in total. The predicted octanol–water partition coefficient (Wildman–Crippen LogP) is 3.57. The summed E-state index contributed by atoms with van der Waals surface area (Å²) < 4.78 is 7.24.